The van der Waals surface area contributed by atoms with E-state index in [9.17, 15) is 9.18 Å². The Labute approximate surface area is 195 Å². The average molecular weight is 452 g/mol. The Kier molecular flexibility index (Phi) is 7.69. The first-order valence-corrected chi connectivity index (χ1v) is 11.7. The number of aryl methyl sites for hydroxylation is 3. The molecule has 2 N–H and O–H groups in total. The highest BCUT2D eigenvalue weighted by Crippen LogP contribution is 2.41. The van der Waals surface area contributed by atoms with Crippen LogP contribution in [0.1, 0.15) is 60.6 Å². The normalized spacial score (nSPS) is 12.7. The number of halogens is 1. The number of hydrogen-bond donors (Lipinski definition) is 1. The standard InChI is InChI=1S/C23H21FN2O2.C2H7N.C2H6/c1-4-28-11-17-12(2)8-20-22-16(10-26(20)23(17)27)15-7-5-6-14-13(3)18(24)9-19(25-22)21(14)15;1-2-3;1-2/h4,8-9H,1,5-7,10-11H2,2-3H3;2-3H2,1H3;1-2H3. The molecular formula is C27H34FN3O2. The molecule has 3 heterocycles. The molecule has 176 valence electrons. The second-order valence-electron chi connectivity index (χ2n) is 8.10. The molecule has 0 amide bonds. The van der Waals surface area contributed by atoms with Crippen molar-refractivity contribution in [1.82, 2.24) is 9.55 Å². The van der Waals surface area contributed by atoms with E-state index >= 15 is 0 Å². The zero-order valence-electron chi connectivity index (χ0n) is 20.3. The van der Waals surface area contributed by atoms with Crippen LogP contribution in [0.3, 0.4) is 0 Å². The Morgan fingerprint density at radius 1 is 1.21 bits per heavy atom. The lowest BCUT2D eigenvalue weighted by Crippen LogP contribution is -2.24. The van der Waals surface area contributed by atoms with Gasteiger partial charge in [-0.15, -0.1) is 0 Å². The van der Waals surface area contributed by atoms with E-state index in [1.54, 1.807) is 10.6 Å². The van der Waals surface area contributed by atoms with Gasteiger partial charge in [0.15, 0.2) is 0 Å². The third-order valence-corrected chi connectivity index (χ3v) is 6.20. The van der Waals surface area contributed by atoms with E-state index in [1.807, 2.05) is 40.7 Å². The quantitative estimate of drug-likeness (QED) is 0.428. The van der Waals surface area contributed by atoms with Crippen LogP contribution in [-0.4, -0.2) is 16.1 Å². The van der Waals surface area contributed by atoms with Gasteiger partial charge in [0.25, 0.3) is 5.56 Å². The number of ether oxygens (including phenoxy) is 1. The maximum atomic E-state index is 14.5. The summed E-state index contributed by atoms with van der Waals surface area (Å²) in [6.07, 6.45) is 4.16. The maximum Gasteiger partial charge on any atom is 0.258 e. The number of nitrogens with two attached hydrogens (primary N) is 1. The molecule has 6 heteroatoms. The van der Waals surface area contributed by atoms with E-state index in [0.717, 1.165) is 64.8 Å². The Bertz CT molecular complexity index is 1260. The third kappa shape index (κ3) is 4.20. The van der Waals surface area contributed by atoms with Crippen LogP contribution >= 0.6 is 0 Å². The molecule has 0 unspecified atom stereocenters. The summed E-state index contributed by atoms with van der Waals surface area (Å²) >= 11 is 0. The fraction of sp³-hybridized carbons (Fsp3) is 0.407. The molecule has 5 nitrogen and oxygen atoms in total. The molecular weight excluding hydrogens is 417 g/mol. The van der Waals surface area contributed by atoms with E-state index in [0.29, 0.717) is 17.6 Å². The lowest BCUT2D eigenvalue weighted by molar-refractivity contribution is 0.235. The fourth-order valence-electron chi connectivity index (χ4n) is 4.75. The van der Waals surface area contributed by atoms with Crippen LogP contribution < -0.4 is 11.3 Å². The molecule has 0 saturated heterocycles. The van der Waals surface area contributed by atoms with Crippen molar-refractivity contribution in [2.45, 2.75) is 67.0 Å². The van der Waals surface area contributed by atoms with Crippen LogP contribution in [0, 0.1) is 19.7 Å². The lowest BCUT2D eigenvalue weighted by Gasteiger charge is -2.21. The average Bonchev–Trinajstić information content (AvgIpc) is 3.18. The summed E-state index contributed by atoms with van der Waals surface area (Å²) in [6, 6.07) is 3.54. The van der Waals surface area contributed by atoms with Crippen molar-refractivity contribution in [3.63, 3.8) is 0 Å². The fourth-order valence-corrected chi connectivity index (χ4v) is 4.75. The topological polar surface area (TPSA) is 70.1 Å². The Morgan fingerprint density at radius 2 is 1.88 bits per heavy atom. The zero-order chi connectivity index (χ0) is 24.3. The van der Waals surface area contributed by atoms with Crippen molar-refractivity contribution in [2.24, 2.45) is 5.73 Å². The maximum absolute atomic E-state index is 14.5. The summed E-state index contributed by atoms with van der Waals surface area (Å²) in [7, 11) is 0. The van der Waals surface area contributed by atoms with Crippen LogP contribution in [0.25, 0.3) is 22.3 Å². The molecule has 2 aromatic heterocycles. The number of nitrogens with zero attached hydrogens (tertiary/aromatic N) is 2. The predicted molar refractivity (Wildman–Crippen MR) is 133 cm³/mol. The molecule has 0 radical (unpaired) electrons. The van der Waals surface area contributed by atoms with Crippen molar-refractivity contribution < 1.29 is 9.13 Å². The largest absolute Gasteiger partial charge is 0.497 e. The van der Waals surface area contributed by atoms with Crippen LogP contribution in [0.4, 0.5) is 4.39 Å². The number of fused-ring (bicyclic) bond motifs is 4. The molecule has 3 aromatic rings. The van der Waals surface area contributed by atoms with E-state index in [4.69, 9.17) is 15.5 Å². The molecule has 1 aliphatic heterocycles. The second kappa shape index (κ2) is 10.3. The van der Waals surface area contributed by atoms with E-state index in [-0.39, 0.29) is 18.0 Å². The van der Waals surface area contributed by atoms with Gasteiger partial charge in [0.1, 0.15) is 12.4 Å². The van der Waals surface area contributed by atoms with Gasteiger partial charge in [0.2, 0.25) is 0 Å². The van der Waals surface area contributed by atoms with Gasteiger partial charge in [-0.05, 0) is 68.0 Å². The molecule has 1 aromatic carbocycles. The number of rotatable bonds is 3. The molecule has 0 fully saturated rings. The van der Waals surface area contributed by atoms with Gasteiger partial charge < -0.3 is 15.0 Å². The number of aromatic nitrogens is 2. The number of hydrogen-bond acceptors (Lipinski definition) is 4. The van der Waals surface area contributed by atoms with Gasteiger partial charge >= 0.3 is 0 Å². The highest BCUT2D eigenvalue weighted by molar-refractivity contribution is 5.92. The summed E-state index contributed by atoms with van der Waals surface area (Å²) in [5, 5.41) is 1.09. The zero-order valence-corrected chi connectivity index (χ0v) is 20.3. The molecule has 1 aliphatic carbocycles. The highest BCUT2D eigenvalue weighted by Gasteiger charge is 2.30. The monoisotopic (exact) mass is 451 g/mol. The molecule has 0 bridgehead atoms. The van der Waals surface area contributed by atoms with Gasteiger partial charge in [-0.1, -0.05) is 27.4 Å². The summed E-state index contributed by atoms with van der Waals surface area (Å²) in [5.41, 5.74) is 12.8. The van der Waals surface area contributed by atoms with E-state index in [1.165, 1.54) is 11.8 Å². The van der Waals surface area contributed by atoms with Gasteiger partial charge in [-0.2, -0.15) is 0 Å². The Hall–Kier alpha value is -2.99. The molecule has 0 saturated carbocycles. The van der Waals surface area contributed by atoms with Crippen LogP contribution in [0.5, 0.6) is 0 Å². The minimum absolute atomic E-state index is 0.0514. The number of pyridine rings is 2. The van der Waals surface area contributed by atoms with Crippen molar-refractivity contribution in [3.8, 4) is 11.4 Å². The highest BCUT2D eigenvalue weighted by atomic mass is 19.1. The Balaban J connectivity index is 0.000000569. The van der Waals surface area contributed by atoms with Gasteiger partial charge in [-0.25, -0.2) is 9.37 Å². The smallest absolute Gasteiger partial charge is 0.258 e. The first-order valence-electron chi connectivity index (χ1n) is 11.7. The van der Waals surface area contributed by atoms with Crippen molar-refractivity contribution in [1.29, 1.82) is 0 Å². The summed E-state index contributed by atoms with van der Waals surface area (Å²) in [5.74, 6) is -0.203. The van der Waals surface area contributed by atoms with Crippen LogP contribution in [0.15, 0.2) is 29.8 Å². The first-order chi connectivity index (χ1) is 15.9. The summed E-state index contributed by atoms with van der Waals surface area (Å²) < 4.78 is 21.5. The molecule has 5 rings (SSSR count). The minimum Gasteiger partial charge on any atom is -0.497 e. The lowest BCUT2D eigenvalue weighted by atomic mass is 9.85. The van der Waals surface area contributed by atoms with Crippen molar-refractivity contribution >= 4 is 10.9 Å². The van der Waals surface area contributed by atoms with Gasteiger partial charge in [0, 0.05) is 17.0 Å². The van der Waals surface area contributed by atoms with Crippen molar-refractivity contribution in [2.75, 3.05) is 6.54 Å². The molecule has 0 spiro atoms. The summed E-state index contributed by atoms with van der Waals surface area (Å²) in [4.78, 5) is 17.9. The summed E-state index contributed by atoms with van der Waals surface area (Å²) in [6.45, 7) is 14.7. The first kappa shape index (κ1) is 24.6. The van der Waals surface area contributed by atoms with Gasteiger partial charge in [0.05, 0.1) is 35.3 Å². The third-order valence-electron chi connectivity index (χ3n) is 6.20. The molecule has 2 aliphatic rings. The van der Waals surface area contributed by atoms with E-state index < -0.39 is 0 Å². The van der Waals surface area contributed by atoms with Crippen molar-refractivity contribution in [3.05, 3.63) is 74.5 Å². The molecule has 0 atom stereocenters. The van der Waals surface area contributed by atoms with Gasteiger partial charge in [-0.3, -0.25) is 4.79 Å². The molecule has 33 heavy (non-hydrogen) atoms. The van der Waals surface area contributed by atoms with Crippen LogP contribution in [0.2, 0.25) is 0 Å². The Morgan fingerprint density at radius 3 is 2.55 bits per heavy atom. The number of benzene rings is 1. The SMILES string of the molecule is C=COCc1c(C)cc2n(c1=O)Cc1c-2nc2cc(F)c(C)c3c2c1CCC3.CC.CCN. The minimum atomic E-state index is -0.203. The van der Waals surface area contributed by atoms with Crippen LogP contribution in [-0.2, 0) is 30.7 Å². The second-order valence-corrected chi connectivity index (χ2v) is 8.10. The predicted octanol–water partition coefficient (Wildman–Crippen LogP) is 5.32. The van der Waals surface area contributed by atoms with E-state index in [2.05, 4.69) is 6.58 Å².